The number of likely N-dealkylation sites (N-methyl/N-ethyl adjacent to an activating group) is 1. The van der Waals surface area contributed by atoms with E-state index in [4.69, 9.17) is 5.73 Å². The van der Waals surface area contributed by atoms with Crippen LogP contribution >= 0.6 is 0 Å². The first-order valence-corrected chi connectivity index (χ1v) is 9.21. The Morgan fingerprint density at radius 3 is 2.55 bits per heavy atom. The molecule has 3 aromatic rings. The summed E-state index contributed by atoms with van der Waals surface area (Å²) in [6, 6.07) is 8.97. The molecular formula is C21H20F2N4O2. The predicted molar refractivity (Wildman–Crippen MR) is 108 cm³/mol. The predicted octanol–water partition coefficient (Wildman–Crippen LogP) is 3.21. The molecule has 0 radical (unpaired) electrons. The maximum atomic E-state index is 14.3. The first-order valence-electron chi connectivity index (χ1n) is 9.21. The number of carbonyl (C=O) groups is 1. The Bertz CT molecular complexity index is 1110. The van der Waals surface area contributed by atoms with Gasteiger partial charge in [0.05, 0.1) is 16.9 Å². The minimum absolute atomic E-state index is 0.0165. The van der Waals surface area contributed by atoms with Crippen LogP contribution in [0.15, 0.2) is 36.4 Å². The zero-order valence-electron chi connectivity index (χ0n) is 15.8. The lowest BCUT2D eigenvalue weighted by Gasteiger charge is -2.34. The molecule has 3 N–H and O–H groups in total. The van der Waals surface area contributed by atoms with Gasteiger partial charge >= 0.3 is 5.97 Å². The number of fused-ring (bicyclic) bond motifs is 1. The van der Waals surface area contributed by atoms with Gasteiger partial charge in [-0.05, 0) is 37.4 Å². The minimum Gasteiger partial charge on any atom is -0.478 e. The molecule has 2 heterocycles. The average molecular weight is 398 g/mol. The summed E-state index contributed by atoms with van der Waals surface area (Å²) in [4.78, 5) is 20.7. The zero-order valence-corrected chi connectivity index (χ0v) is 15.8. The molecule has 1 aliphatic rings. The molecule has 0 spiro atoms. The van der Waals surface area contributed by atoms with E-state index in [1.54, 1.807) is 12.1 Å². The smallest absolute Gasteiger partial charge is 0.340 e. The molecule has 2 aromatic carbocycles. The number of aromatic carboxylic acids is 1. The molecule has 0 unspecified atom stereocenters. The molecule has 29 heavy (non-hydrogen) atoms. The average Bonchev–Trinajstić information content (AvgIpc) is 2.70. The fourth-order valence-electron chi connectivity index (χ4n) is 3.64. The quantitative estimate of drug-likeness (QED) is 0.705. The number of rotatable bonds is 3. The second kappa shape index (κ2) is 7.29. The van der Waals surface area contributed by atoms with E-state index in [1.807, 2.05) is 6.07 Å². The molecule has 8 heteroatoms. The highest BCUT2D eigenvalue weighted by atomic mass is 19.2. The van der Waals surface area contributed by atoms with E-state index in [-0.39, 0.29) is 22.5 Å². The molecule has 0 amide bonds. The Morgan fingerprint density at radius 1 is 1.14 bits per heavy atom. The second-order valence-electron chi connectivity index (χ2n) is 7.15. The lowest BCUT2D eigenvalue weighted by Crippen LogP contribution is -2.44. The summed E-state index contributed by atoms with van der Waals surface area (Å²) in [6.07, 6.45) is 0. The molecular weight excluding hydrogens is 378 g/mol. The number of carboxylic acids is 1. The van der Waals surface area contributed by atoms with Crippen molar-refractivity contribution in [3.8, 4) is 11.3 Å². The van der Waals surface area contributed by atoms with Crippen LogP contribution in [0.2, 0.25) is 0 Å². The highest BCUT2D eigenvalue weighted by Gasteiger charge is 2.24. The Balaban J connectivity index is 1.89. The highest BCUT2D eigenvalue weighted by molar-refractivity contribution is 6.09. The SMILES string of the molecule is CN1CCN(c2ccc3nc(-c4cccc(F)c4F)c(C(=O)O)c(N)c3c2)CC1. The molecule has 0 aliphatic carbocycles. The summed E-state index contributed by atoms with van der Waals surface area (Å²) >= 11 is 0. The van der Waals surface area contributed by atoms with Gasteiger partial charge in [-0.25, -0.2) is 18.6 Å². The maximum absolute atomic E-state index is 14.3. The largest absolute Gasteiger partial charge is 0.478 e. The van der Waals surface area contributed by atoms with Gasteiger partial charge in [0.25, 0.3) is 0 Å². The molecule has 0 bridgehead atoms. The number of anilines is 2. The van der Waals surface area contributed by atoms with Gasteiger partial charge in [-0.1, -0.05) is 6.07 Å². The third-order valence-electron chi connectivity index (χ3n) is 5.30. The molecule has 1 fully saturated rings. The molecule has 0 saturated carbocycles. The van der Waals surface area contributed by atoms with E-state index >= 15 is 0 Å². The number of nitrogens with zero attached hydrogens (tertiary/aromatic N) is 3. The van der Waals surface area contributed by atoms with Crippen LogP contribution in [0.3, 0.4) is 0 Å². The van der Waals surface area contributed by atoms with E-state index < -0.39 is 17.6 Å². The van der Waals surface area contributed by atoms with Crippen molar-refractivity contribution in [1.82, 2.24) is 9.88 Å². The minimum atomic E-state index is -1.35. The number of nitrogen functional groups attached to an aromatic ring is 1. The number of nitrogens with two attached hydrogens (primary N) is 1. The van der Waals surface area contributed by atoms with E-state index in [2.05, 4.69) is 21.8 Å². The number of carboxylic acid groups (broad SMARTS) is 1. The number of benzene rings is 2. The Kier molecular flexibility index (Phi) is 4.79. The summed E-state index contributed by atoms with van der Waals surface area (Å²) in [6.45, 7) is 3.52. The van der Waals surface area contributed by atoms with Crippen molar-refractivity contribution in [2.75, 3.05) is 43.9 Å². The van der Waals surface area contributed by atoms with Crippen molar-refractivity contribution in [3.63, 3.8) is 0 Å². The van der Waals surface area contributed by atoms with Crippen molar-refractivity contribution in [2.24, 2.45) is 0 Å². The number of pyridine rings is 1. The number of aromatic nitrogens is 1. The summed E-state index contributed by atoms with van der Waals surface area (Å²) in [7, 11) is 2.06. The van der Waals surface area contributed by atoms with Crippen LogP contribution in [0, 0.1) is 11.6 Å². The normalized spacial score (nSPS) is 15.1. The summed E-state index contributed by atoms with van der Waals surface area (Å²) in [5.41, 5.74) is 6.76. The Hall–Kier alpha value is -3.26. The summed E-state index contributed by atoms with van der Waals surface area (Å²) < 4.78 is 28.0. The van der Waals surface area contributed by atoms with Gasteiger partial charge < -0.3 is 20.6 Å². The maximum Gasteiger partial charge on any atom is 0.340 e. The van der Waals surface area contributed by atoms with Crippen LogP contribution in [0.25, 0.3) is 22.2 Å². The number of piperazine rings is 1. The van der Waals surface area contributed by atoms with Crippen molar-refractivity contribution in [2.45, 2.75) is 0 Å². The zero-order chi connectivity index (χ0) is 20.7. The summed E-state index contributed by atoms with van der Waals surface area (Å²) in [5.74, 6) is -3.58. The third kappa shape index (κ3) is 3.36. The number of hydrogen-bond acceptors (Lipinski definition) is 5. The molecule has 150 valence electrons. The van der Waals surface area contributed by atoms with Crippen LogP contribution in [0.1, 0.15) is 10.4 Å². The Labute approximate surface area is 166 Å². The van der Waals surface area contributed by atoms with Crippen LogP contribution in [0.5, 0.6) is 0 Å². The van der Waals surface area contributed by atoms with Crippen LogP contribution in [-0.4, -0.2) is 54.2 Å². The van der Waals surface area contributed by atoms with E-state index in [0.717, 1.165) is 37.9 Å². The third-order valence-corrected chi connectivity index (χ3v) is 5.30. The van der Waals surface area contributed by atoms with Crippen molar-refractivity contribution >= 4 is 28.2 Å². The lowest BCUT2D eigenvalue weighted by molar-refractivity contribution is 0.0698. The molecule has 1 aliphatic heterocycles. The molecule has 4 rings (SSSR count). The first-order chi connectivity index (χ1) is 13.9. The number of hydrogen-bond donors (Lipinski definition) is 2. The van der Waals surface area contributed by atoms with E-state index in [1.165, 1.54) is 12.1 Å². The van der Waals surface area contributed by atoms with E-state index in [0.29, 0.717) is 10.9 Å². The Morgan fingerprint density at radius 2 is 1.86 bits per heavy atom. The van der Waals surface area contributed by atoms with Crippen LogP contribution in [-0.2, 0) is 0 Å². The molecule has 1 saturated heterocycles. The standard InChI is InChI=1S/C21H20F2N4O2/c1-26-7-9-27(10-8-26)12-5-6-16-14(11-12)19(24)17(21(28)29)20(25-16)13-3-2-4-15(22)18(13)23/h2-6,11H,7-10H2,1H3,(H2,24,25)(H,28,29). The van der Waals surface area contributed by atoms with Gasteiger partial charge in [-0.3, -0.25) is 0 Å². The van der Waals surface area contributed by atoms with Gasteiger partial charge in [0, 0.05) is 42.8 Å². The molecule has 0 atom stereocenters. The van der Waals surface area contributed by atoms with Gasteiger partial charge in [0.15, 0.2) is 11.6 Å². The van der Waals surface area contributed by atoms with Crippen molar-refractivity contribution < 1.29 is 18.7 Å². The second-order valence-corrected chi connectivity index (χ2v) is 7.15. The lowest BCUT2D eigenvalue weighted by atomic mass is 10.00. The topological polar surface area (TPSA) is 82.7 Å². The van der Waals surface area contributed by atoms with E-state index in [9.17, 15) is 18.7 Å². The van der Waals surface area contributed by atoms with Crippen LogP contribution < -0.4 is 10.6 Å². The molecule has 6 nitrogen and oxygen atoms in total. The monoisotopic (exact) mass is 398 g/mol. The molecule has 1 aromatic heterocycles. The number of halogens is 2. The van der Waals surface area contributed by atoms with Crippen LogP contribution in [0.4, 0.5) is 20.2 Å². The van der Waals surface area contributed by atoms with Gasteiger partial charge in [0.2, 0.25) is 0 Å². The first kappa shape index (κ1) is 19.1. The van der Waals surface area contributed by atoms with Crippen molar-refractivity contribution in [3.05, 3.63) is 53.6 Å². The van der Waals surface area contributed by atoms with Gasteiger partial charge in [0.1, 0.15) is 5.56 Å². The van der Waals surface area contributed by atoms with Gasteiger partial charge in [-0.15, -0.1) is 0 Å². The fourth-order valence-corrected chi connectivity index (χ4v) is 3.64. The highest BCUT2D eigenvalue weighted by Crippen LogP contribution is 2.35. The summed E-state index contributed by atoms with van der Waals surface area (Å²) in [5, 5.41) is 10.2. The van der Waals surface area contributed by atoms with Gasteiger partial charge in [-0.2, -0.15) is 0 Å². The fraction of sp³-hybridized carbons (Fsp3) is 0.238. The van der Waals surface area contributed by atoms with Crippen molar-refractivity contribution in [1.29, 1.82) is 0 Å².